The number of benzene rings is 1. The Balaban J connectivity index is 1.21. The van der Waals surface area contributed by atoms with Crippen molar-refractivity contribution in [2.45, 2.75) is 109 Å². The summed E-state index contributed by atoms with van der Waals surface area (Å²) in [5, 5.41) is 5.75. The average Bonchev–Trinajstić information content (AvgIpc) is 3.86. The second kappa shape index (κ2) is 13.7. The van der Waals surface area contributed by atoms with Crippen LogP contribution in [0.1, 0.15) is 78.7 Å². The zero-order chi connectivity index (χ0) is 30.5. The van der Waals surface area contributed by atoms with Gasteiger partial charge in [0.2, 0.25) is 5.91 Å². The minimum Gasteiger partial charge on any atom is -0.443 e. The predicted octanol–water partition coefficient (Wildman–Crippen LogP) is 5.37. The number of carbonyl (C=O) groups is 3. The smallest absolute Gasteiger partial charge is 0.407 e. The molecular formula is C33H48N2O7. The number of nitrogens with one attached hydrogen (secondary N) is 2. The Labute approximate surface area is 250 Å². The minimum absolute atomic E-state index is 0.000526. The van der Waals surface area contributed by atoms with Crippen LogP contribution in [-0.2, 0) is 35.0 Å². The Morgan fingerprint density at radius 2 is 1.86 bits per heavy atom. The molecule has 3 fully saturated rings. The van der Waals surface area contributed by atoms with Crippen LogP contribution in [0.5, 0.6) is 0 Å². The molecule has 1 saturated carbocycles. The summed E-state index contributed by atoms with van der Waals surface area (Å²) in [4.78, 5) is 36.7. The fourth-order valence-electron chi connectivity index (χ4n) is 6.25. The van der Waals surface area contributed by atoms with Crippen molar-refractivity contribution in [3.05, 3.63) is 41.5 Å². The summed E-state index contributed by atoms with van der Waals surface area (Å²) in [7, 11) is 1.67. The summed E-state index contributed by atoms with van der Waals surface area (Å²) in [6, 6.07) is 7.54. The number of epoxide rings is 2. The number of hydrogen-bond acceptors (Lipinski definition) is 7. The summed E-state index contributed by atoms with van der Waals surface area (Å²) >= 11 is 0. The van der Waals surface area contributed by atoms with E-state index >= 15 is 0 Å². The number of carbonyl (C=O) groups excluding carboxylic acids is 3. The van der Waals surface area contributed by atoms with Crippen LogP contribution in [0.3, 0.4) is 0 Å². The van der Waals surface area contributed by atoms with Crippen molar-refractivity contribution in [2.24, 2.45) is 11.8 Å². The normalized spacial score (nSPS) is 29.6. The number of ether oxygens (including phenoxy) is 4. The Bertz CT molecular complexity index is 1140. The summed E-state index contributed by atoms with van der Waals surface area (Å²) in [5.41, 5.74) is 2.36. The molecule has 2 N–H and O–H groups in total. The molecule has 2 heterocycles. The minimum atomic E-state index is -0.462. The van der Waals surface area contributed by atoms with E-state index in [9.17, 15) is 14.4 Å². The van der Waals surface area contributed by atoms with Gasteiger partial charge in [0.1, 0.15) is 29.2 Å². The van der Waals surface area contributed by atoms with Gasteiger partial charge < -0.3 is 29.6 Å². The molecule has 9 heteroatoms. The number of rotatable bonds is 14. The molecule has 232 valence electrons. The molecule has 1 aromatic rings. The number of amides is 2. The molecule has 2 aliphatic heterocycles. The van der Waals surface area contributed by atoms with Gasteiger partial charge in [-0.15, -0.1) is 0 Å². The van der Waals surface area contributed by atoms with Crippen LogP contribution >= 0.6 is 0 Å². The third kappa shape index (κ3) is 7.99. The quantitative estimate of drug-likeness (QED) is 0.223. The van der Waals surface area contributed by atoms with Crippen molar-refractivity contribution >= 4 is 23.5 Å². The largest absolute Gasteiger partial charge is 0.443 e. The van der Waals surface area contributed by atoms with Crippen LogP contribution in [0, 0.1) is 11.8 Å². The first-order valence-corrected chi connectivity index (χ1v) is 15.3. The van der Waals surface area contributed by atoms with E-state index in [0.717, 1.165) is 18.4 Å². The Hall–Kier alpha value is -2.75. The molecule has 1 aromatic carbocycles. The first-order valence-electron chi connectivity index (χ1n) is 15.3. The van der Waals surface area contributed by atoms with E-state index in [1.54, 1.807) is 7.11 Å². The van der Waals surface area contributed by atoms with Crippen LogP contribution in [0.2, 0.25) is 0 Å². The Kier molecular flexibility index (Phi) is 10.5. The van der Waals surface area contributed by atoms with Gasteiger partial charge in [-0.25, -0.2) is 4.79 Å². The van der Waals surface area contributed by atoms with Gasteiger partial charge in [0.15, 0.2) is 0 Å². The second-order valence-electron chi connectivity index (χ2n) is 12.7. The lowest BCUT2D eigenvalue weighted by atomic mass is 9.68. The van der Waals surface area contributed by atoms with Gasteiger partial charge in [-0.2, -0.15) is 0 Å². The number of ketones is 1. The molecule has 1 aliphatic carbocycles. The Morgan fingerprint density at radius 3 is 2.48 bits per heavy atom. The molecule has 1 spiro atoms. The molecule has 2 amide bonds. The first-order chi connectivity index (χ1) is 20.0. The lowest BCUT2D eigenvalue weighted by Crippen LogP contribution is -2.56. The maximum absolute atomic E-state index is 12.8. The van der Waals surface area contributed by atoms with Crippen molar-refractivity contribution in [2.75, 3.05) is 25.6 Å². The maximum Gasteiger partial charge on any atom is 0.407 e. The number of methoxy groups -OCH3 is 1. The first kappa shape index (κ1) is 32.2. The molecule has 3 aliphatic rings. The van der Waals surface area contributed by atoms with Crippen molar-refractivity contribution in [3.8, 4) is 0 Å². The lowest BCUT2D eigenvalue weighted by molar-refractivity contribution is -0.122. The number of anilines is 1. The average molecular weight is 585 g/mol. The third-order valence-corrected chi connectivity index (χ3v) is 8.89. The highest BCUT2D eigenvalue weighted by Gasteiger charge is 2.72. The molecule has 4 rings (SSSR count). The molecule has 0 aromatic heterocycles. The van der Waals surface area contributed by atoms with Gasteiger partial charge in [-0.1, -0.05) is 37.6 Å². The monoisotopic (exact) mass is 584 g/mol. The highest BCUT2D eigenvalue weighted by atomic mass is 16.6. The molecule has 9 nitrogen and oxygen atoms in total. The fourth-order valence-corrected chi connectivity index (χ4v) is 6.25. The highest BCUT2D eigenvalue weighted by Crippen LogP contribution is 2.59. The predicted molar refractivity (Wildman–Crippen MR) is 160 cm³/mol. The van der Waals surface area contributed by atoms with Crippen LogP contribution < -0.4 is 10.6 Å². The van der Waals surface area contributed by atoms with E-state index in [4.69, 9.17) is 18.9 Å². The van der Waals surface area contributed by atoms with Gasteiger partial charge in [-0.3, -0.25) is 9.59 Å². The standard InChI is InChI=1S/C33H48N2O7/c1-21(2)10-15-27-32(5,42-27)30-29(39-6)26(16-18-33(30)20-40-33)41-31(38)34-19-17-23-11-13-24(14-12-23)35-28(37)9-7-8-25(36)22(3)4/h10-14,22,26-27,29-30H,7-9,15-20H2,1-6H3,(H,34,38)(H,35,37)/t26-,27-,29-,30-,32?,33+/m1/s1. The molecule has 0 bridgehead atoms. The van der Waals surface area contributed by atoms with Gasteiger partial charge in [-0.05, 0) is 70.6 Å². The van der Waals surface area contributed by atoms with E-state index in [0.29, 0.717) is 50.9 Å². The van der Waals surface area contributed by atoms with E-state index in [2.05, 4.69) is 37.5 Å². The zero-order valence-electron chi connectivity index (χ0n) is 26.0. The van der Waals surface area contributed by atoms with Gasteiger partial charge in [0.05, 0.1) is 18.6 Å². The van der Waals surface area contributed by atoms with Crippen LogP contribution in [0.15, 0.2) is 35.9 Å². The highest BCUT2D eigenvalue weighted by molar-refractivity contribution is 5.91. The summed E-state index contributed by atoms with van der Waals surface area (Å²) in [6.45, 7) is 11.2. The number of Topliss-reactive ketones (excluding diaryl/α,β-unsaturated/α-hetero) is 1. The molecule has 2 saturated heterocycles. The number of allylic oxidation sites excluding steroid dienone is 1. The van der Waals surface area contributed by atoms with E-state index in [-0.39, 0.29) is 53.0 Å². The molecule has 42 heavy (non-hydrogen) atoms. The summed E-state index contributed by atoms with van der Waals surface area (Å²) < 4.78 is 24.1. The van der Waals surface area contributed by atoms with Crippen LogP contribution in [0.4, 0.5) is 10.5 Å². The van der Waals surface area contributed by atoms with Crippen LogP contribution in [0.25, 0.3) is 0 Å². The molecular weight excluding hydrogens is 536 g/mol. The second-order valence-corrected chi connectivity index (χ2v) is 12.7. The Morgan fingerprint density at radius 1 is 1.14 bits per heavy atom. The van der Waals surface area contributed by atoms with Crippen molar-refractivity contribution in [1.82, 2.24) is 5.32 Å². The lowest BCUT2D eigenvalue weighted by Gasteiger charge is -2.42. The molecule has 1 unspecified atom stereocenters. The van der Waals surface area contributed by atoms with Crippen LogP contribution in [-0.4, -0.2) is 67.6 Å². The maximum atomic E-state index is 12.8. The number of hydrogen-bond donors (Lipinski definition) is 2. The number of alkyl carbamates (subject to hydrolysis) is 1. The van der Waals surface area contributed by atoms with Gasteiger partial charge >= 0.3 is 6.09 Å². The summed E-state index contributed by atoms with van der Waals surface area (Å²) in [6.07, 6.45) is 5.39. The molecule has 6 atom stereocenters. The van der Waals surface area contributed by atoms with Crippen molar-refractivity contribution < 1.29 is 33.3 Å². The third-order valence-electron chi connectivity index (χ3n) is 8.89. The van der Waals surface area contributed by atoms with Crippen molar-refractivity contribution in [3.63, 3.8) is 0 Å². The van der Waals surface area contributed by atoms with E-state index in [1.165, 1.54) is 5.57 Å². The van der Waals surface area contributed by atoms with Gasteiger partial charge in [0, 0.05) is 38.1 Å². The van der Waals surface area contributed by atoms with Gasteiger partial charge in [0.25, 0.3) is 0 Å². The van der Waals surface area contributed by atoms with E-state index in [1.807, 2.05) is 38.1 Å². The van der Waals surface area contributed by atoms with Crippen molar-refractivity contribution in [1.29, 1.82) is 0 Å². The zero-order valence-corrected chi connectivity index (χ0v) is 26.0. The topological polar surface area (TPSA) is 119 Å². The SMILES string of the molecule is CO[C@H]1[C@H](C2(C)O[C@@H]2CC=C(C)C)[C@]2(CC[C@H]1OC(=O)NCCc1ccc(NC(=O)CCCC(=O)C(C)C)cc1)CO2. The summed E-state index contributed by atoms with van der Waals surface area (Å²) in [5.74, 6) is 0.0606. The molecule has 0 radical (unpaired) electrons. The fraction of sp³-hybridized carbons (Fsp3) is 0.667. The van der Waals surface area contributed by atoms with E-state index < -0.39 is 6.09 Å².